The van der Waals surface area contributed by atoms with Crippen LogP contribution in [0.4, 0.5) is 0 Å². The van der Waals surface area contributed by atoms with Crippen molar-refractivity contribution < 1.29 is 14.2 Å². The van der Waals surface area contributed by atoms with Crippen molar-refractivity contribution in [1.29, 1.82) is 0 Å². The average molecular weight is 335 g/mol. The molecule has 25 heavy (non-hydrogen) atoms. The van der Waals surface area contributed by atoms with Crippen LogP contribution < -0.4 is 9.73 Å². The molecular formula is C18H17N5O2. The normalized spacial score (nSPS) is 11.3. The molecule has 0 aliphatic rings. The van der Waals surface area contributed by atoms with Gasteiger partial charge in [0.05, 0.1) is 17.7 Å². The van der Waals surface area contributed by atoms with E-state index in [4.69, 9.17) is 4.74 Å². The second kappa shape index (κ2) is 5.70. The molecule has 7 heteroatoms. The smallest absolute Gasteiger partial charge is 0.338 e. The number of carbonyl (C=O) groups is 1. The maximum atomic E-state index is 11.8. The molecule has 0 fully saturated rings. The highest BCUT2D eigenvalue weighted by molar-refractivity contribution is 5.90. The first-order valence-electron chi connectivity index (χ1n) is 8.07. The zero-order valence-corrected chi connectivity index (χ0v) is 14.2. The topological polar surface area (TPSA) is 74.7 Å². The lowest BCUT2D eigenvalue weighted by Crippen LogP contribution is -2.33. The van der Waals surface area contributed by atoms with E-state index in [9.17, 15) is 4.79 Å². The van der Waals surface area contributed by atoms with E-state index in [2.05, 4.69) is 15.1 Å². The second-order valence-corrected chi connectivity index (χ2v) is 5.75. The Bertz CT molecular complexity index is 1090. The zero-order valence-electron chi connectivity index (χ0n) is 14.2. The minimum Gasteiger partial charge on any atom is -0.462 e. The van der Waals surface area contributed by atoms with Gasteiger partial charge in [0.1, 0.15) is 5.65 Å². The van der Waals surface area contributed by atoms with E-state index in [-0.39, 0.29) is 5.97 Å². The van der Waals surface area contributed by atoms with Crippen LogP contribution in [0.3, 0.4) is 0 Å². The molecule has 4 rings (SSSR count). The van der Waals surface area contributed by atoms with E-state index >= 15 is 0 Å². The van der Waals surface area contributed by atoms with Crippen LogP contribution in [-0.4, -0.2) is 27.1 Å². The Morgan fingerprint density at radius 3 is 2.64 bits per heavy atom. The summed E-state index contributed by atoms with van der Waals surface area (Å²) >= 11 is 0. The number of aryl methyl sites for hydroxylation is 2. The first-order valence-corrected chi connectivity index (χ1v) is 8.07. The van der Waals surface area contributed by atoms with Crippen LogP contribution in [-0.2, 0) is 4.74 Å². The fourth-order valence-corrected chi connectivity index (χ4v) is 3.17. The Hall–Kier alpha value is -3.22. The van der Waals surface area contributed by atoms with Gasteiger partial charge in [0.25, 0.3) is 0 Å². The van der Waals surface area contributed by atoms with E-state index in [1.165, 1.54) is 0 Å². The van der Waals surface area contributed by atoms with Crippen molar-refractivity contribution in [3.63, 3.8) is 0 Å². The lowest BCUT2D eigenvalue weighted by atomic mass is 10.0. The molecule has 0 amide bonds. The van der Waals surface area contributed by atoms with Crippen LogP contribution in [0.5, 0.6) is 0 Å². The van der Waals surface area contributed by atoms with Gasteiger partial charge in [-0.15, -0.1) is 5.10 Å². The molecule has 0 bridgehead atoms. The number of aromatic nitrogens is 5. The fourth-order valence-electron chi connectivity index (χ4n) is 3.17. The van der Waals surface area contributed by atoms with Crippen molar-refractivity contribution >= 4 is 17.3 Å². The van der Waals surface area contributed by atoms with Crippen LogP contribution in [0.2, 0.25) is 0 Å². The third-order valence-electron chi connectivity index (χ3n) is 4.27. The number of nitrogens with zero attached hydrogens (tertiary/aromatic N) is 5. The molecule has 0 aliphatic carbocycles. The highest BCUT2D eigenvalue weighted by Crippen LogP contribution is 2.27. The van der Waals surface area contributed by atoms with Gasteiger partial charge in [-0.25, -0.2) is 9.78 Å². The Kier molecular flexibility index (Phi) is 3.49. The third kappa shape index (κ3) is 2.27. The van der Waals surface area contributed by atoms with Crippen LogP contribution in [0.15, 0.2) is 36.7 Å². The molecule has 0 N–H and O–H groups in total. The lowest BCUT2D eigenvalue weighted by Gasteiger charge is -2.04. The summed E-state index contributed by atoms with van der Waals surface area (Å²) in [5, 5.41) is 4.52. The number of esters is 1. The van der Waals surface area contributed by atoms with Gasteiger partial charge in [-0.05, 0) is 37.7 Å². The Morgan fingerprint density at radius 1 is 1.20 bits per heavy atom. The molecule has 126 valence electrons. The quantitative estimate of drug-likeness (QED) is 0.422. The molecule has 3 aromatic heterocycles. The Balaban J connectivity index is 1.85. The second-order valence-electron chi connectivity index (χ2n) is 5.75. The standard InChI is InChI=1S/C18H17N5O2/c1-4-25-18(24)14-7-5-13(6-8-14)15-11(2)22-17-16(19-9-10-20-17)21-23(22)12(15)3/h5-10H,4H2,1-3H3. The molecule has 3 heterocycles. The van der Waals surface area contributed by atoms with Crippen molar-refractivity contribution in [2.24, 2.45) is 0 Å². The summed E-state index contributed by atoms with van der Waals surface area (Å²) in [6.45, 7) is 6.19. The fraction of sp³-hybridized carbons (Fsp3) is 0.222. The maximum Gasteiger partial charge on any atom is 0.338 e. The van der Waals surface area contributed by atoms with Gasteiger partial charge in [0.2, 0.25) is 5.69 Å². The van der Waals surface area contributed by atoms with E-state index in [1.54, 1.807) is 31.5 Å². The maximum absolute atomic E-state index is 11.8. The van der Waals surface area contributed by atoms with Crippen molar-refractivity contribution in [1.82, 2.24) is 19.6 Å². The van der Waals surface area contributed by atoms with E-state index < -0.39 is 0 Å². The summed E-state index contributed by atoms with van der Waals surface area (Å²) in [7, 11) is 0. The number of carbonyl (C=O) groups excluding carboxylic acids is 1. The number of hydrogen-bond donors (Lipinski definition) is 0. The number of benzene rings is 1. The van der Waals surface area contributed by atoms with Crippen molar-refractivity contribution in [2.45, 2.75) is 20.8 Å². The molecule has 4 aromatic rings. The summed E-state index contributed by atoms with van der Waals surface area (Å²) < 4.78 is 8.80. The van der Waals surface area contributed by atoms with Crippen molar-refractivity contribution in [3.8, 4) is 11.1 Å². The minimum absolute atomic E-state index is 0.310. The van der Waals surface area contributed by atoms with Gasteiger partial charge in [-0.2, -0.15) is 4.52 Å². The largest absolute Gasteiger partial charge is 0.462 e. The van der Waals surface area contributed by atoms with Crippen molar-refractivity contribution in [2.75, 3.05) is 6.61 Å². The summed E-state index contributed by atoms with van der Waals surface area (Å²) in [5.41, 5.74) is 5.95. The molecule has 0 saturated heterocycles. The zero-order chi connectivity index (χ0) is 17.6. The number of ether oxygens (including phenoxy) is 1. The summed E-state index contributed by atoms with van der Waals surface area (Å²) in [6, 6.07) is 7.42. The summed E-state index contributed by atoms with van der Waals surface area (Å²) in [4.78, 5) is 20.5. The van der Waals surface area contributed by atoms with Gasteiger partial charge in [-0.3, -0.25) is 0 Å². The van der Waals surface area contributed by atoms with Gasteiger partial charge >= 0.3 is 5.97 Å². The van der Waals surface area contributed by atoms with E-state index in [0.717, 1.165) is 28.2 Å². The summed E-state index contributed by atoms with van der Waals surface area (Å²) in [6.07, 6.45) is 3.29. The van der Waals surface area contributed by atoms with E-state index in [0.29, 0.717) is 17.8 Å². The van der Waals surface area contributed by atoms with Gasteiger partial charge in [0, 0.05) is 18.8 Å². The SMILES string of the molecule is CCOC(=O)c1ccc(-c2c(C)n3c4nccnc4[n-][n+]3c2C)cc1. The Labute approximate surface area is 143 Å². The molecule has 7 nitrogen and oxygen atoms in total. The molecule has 1 aromatic carbocycles. The third-order valence-corrected chi connectivity index (χ3v) is 4.27. The molecular weight excluding hydrogens is 318 g/mol. The number of rotatable bonds is 3. The predicted octanol–water partition coefficient (Wildman–Crippen LogP) is 1.89. The first-order chi connectivity index (χ1) is 12.1. The molecule has 0 saturated carbocycles. The molecule has 0 radical (unpaired) electrons. The highest BCUT2D eigenvalue weighted by Gasteiger charge is 2.22. The monoisotopic (exact) mass is 335 g/mol. The van der Waals surface area contributed by atoms with E-state index in [1.807, 2.05) is 35.1 Å². The first kappa shape index (κ1) is 15.3. The minimum atomic E-state index is -0.310. The van der Waals surface area contributed by atoms with Crippen LogP contribution in [0.1, 0.15) is 28.7 Å². The summed E-state index contributed by atoms with van der Waals surface area (Å²) in [5.74, 6) is -0.310. The van der Waals surface area contributed by atoms with Crippen LogP contribution in [0, 0.1) is 13.8 Å². The van der Waals surface area contributed by atoms with Gasteiger partial charge in [0.15, 0.2) is 5.65 Å². The highest BCUT2D eigenvalue weighted by atomic mass is 16.5. The van der Waals surface area contributed by atoms with Gasteiger partial charge in [-0.1, -0.05) is 16.8 Å². The lowest BCUT2D eigenvalue weighted by molar-refractivity contribution is -0.680. The predicted molar refractivity (Wildman–Crippen MR) is 90.3 cm³/mol. The van der Waals surface area contributed by atoms with Crippen LogP contribution in [0.25, 0.3) is 22.4 Å². The number of hydrogen-bond acceptors (Lipinski definition) is 4. The van der Waals surface area contributed by atoms with Crippen LogP contribution >= 0.6 is 0 Å². The number of fused-ring (bicyclic) bond motifs is 3. The molecule has 0 unspecified atom stereocenters. The average Bonchev–Trinajstić information content (AvgIpc) is 3.12. The molecule has 0 atom stereocenters. The van der Waals surface area contributed by atoms with Crippen molar-refractivity contribution in [3.05, 3.63) is 53.6 Å². The molecule has 0 spiro atoms. The molecule has 0 aliphatic heterocycles. The Morgan fingerprint density at radius 2 is 1.92 bits per heavy atom. The van der Waals surface area contributed by atoms with Gasteiger partial charge < -0.3 is 9.72 Å².